The molecule has 29 heavy (non-hydrogen) atoms. The van der Waals surface area contributed by atoms with Crippen molar-refractivity contribution in [3.05, 3.63) is 53.0 Å². The number of urea groups is 1. The van der Waals surface area contributed by atoms with E-state index in [4.69, 9.17) is 4.74 Å². The van der Waals surface area contributed by atoms with Gasteiger partial charge in [0.1, 0.15) is 23.6 Å². The van der Waals surface area contributed by atoms with Gasteiger partial charge < -0.3 is 15.4 Å². The van der Waals surface area contributed by atoms with E-state index in [1.54, 1.807) is 24.3 Å². The fraction of sp³-hybridized carbons (Fsp3) is 0.286. The number of hydrogen-bond acceptors (Lipinski definition) is 4. The van der Waals surface area contributed by atoms with Crippen molar-refractivity contribution in [1.82, 2.24) is 10.2 Å². The number of ether oxygens (including phenoxy) is 1. The first kappa shape index (κ1) is 19.4. The highest BCUT2D eigenvalue weighted by atomic mass is 79.9. The highest BCUT2D eigenvalue weighted by molar-refractivity contribution is 9.10. The molecule has 150 valence electrons. The lowest BCUT2D eigenvalue weighted by molar-refractivity contribution is -0.133. The van der Waals surface area contributed by atoms with Gasteiger partial charge in [0.05, 0.1) is 0 Å². The Labute approximate surface area is 176 Å². The molecule has 0 aromatic heterocycles. The Balaban J connectivity index is 1.34. The summed E-state index contributed by atoms with van der Waals surface area (Å²) in [5, 5.41) is 5.48. The van der Waals surface area contributed by atoms with Gasteiger partial charge in [-0.2, -0.15) is 0 Å². The van der Waals surface area contributed by atoms with E-state index < -0.39 is 17.5 Å². The standard InChI is InChI=1S/C21H20BrN3O4/c22-14-3-7-16(8-4-14)29-17-9-5-15(6-10-17)23-18(26)13-25-19(27)21(24-20(25)28)11-1-2-12-21/h3-10H,1-2,11-13H2,(H,23,26)(H,24,28). The van der Waals surface area contributed by atoms with Crippen molar-refractivity contribution in [3.8, 4) is 11.5 Å². The van der Waals surface area contributed by atoms with Crippen LogP contribution in [0.25, 0.3) is 0 Å². The molecule has 0 unspecified atom stereocenters. The number of amides is 4. The van der Waals surface area contributed by atoms with E-state index >= 15 is 0 Å². The van der Waals surface area contributed by atoms with Crippen molar-refractivity contribution in [3.63, 3.8) is 0 Å². The van der Waals surface area contributed by atoms with Gasteiger partial charge in [-0.05, 0) is 61.4 Å². The third-order valence-corrected chi connectivity index (χ3v) is 5.72. The molecule has 0 radical (unpaired) electrons. The molecule has 1 aliphatic carbocycles. The Kier molecular flexibility index (Phi) is 5.27. The van der Waals surface area contributed by atoms with Gasteiger partial charge in [0.2, 0.25) is 5.91 Å². The SMILES string of the molecule is O=C(CN1C(=O)NC2(CCCC2)C1=O)Nc1ccc(Oc2ccc(Br)cc2)cc1. The molecule has 0 atom stereocenters. The first-order chi connectivity index (χ1) is 13.9. The molecule has 1 spiro atoms. The number of nitrogens with zero attached hydrogens (tertiary/aromatic N) is 1. The van der Waals surface area contributed by atoms with E-state index in [9.17, 15) is 14.4 Å². The van der Waals surface area contributed by atoms with Crippen LogP contribution in [0.15, 0.2) is 53.0 Å². The van der Waals surface area contributed by atoms with Crippen LogP contribution in [-0.2, 0) is 9.59 Å². The lowest BCUT2D eigenvalue weighted by atomic mass is 9.98. The zero-order valence-electron chi connectivity index (χ0n) is 15.6. The Morgan fingerprint density at radius 1 is 1.03 bits per heavy atom. The molecule has 2 N–H and O–H groups in total. The molecule has 1 aliphatic heterocycles. The fourth-order valence-corrected chi connectivity index (χ4v) is 3.99. The molecular weight excluding hydrogens is 438 g/mol. The molecule has 4 amide bonds. The summed E-state index contributed by atoms with van der Waals surface area (Å²) in [7, 11) is 0. The summed E-state index contributed by atoms with van der Waals surface area (Å²) in [4.78, 5) is 38.1. The monoisotopic (exact) mass is 457 g/mol. The number of anilines is 1. The summed E-state index contributed by atoms with van der Waals surface area (Å²) in [6.45, 7) is -0.302. The summed E-state index contributed by atoms with van der Waals surface area (Å²) >= 11 is 3.37. The first-order valence-electron chi connectivity index (χ1n) is 9.43. The minimum absolute atomic E-state index is 0.298. The van der Waals surface area contributed by atoms with Crippen LogP contribution in [0.5, 0.6) is 11.5 Å². The van der Waals surface area contributed by atoms with Gasteiger partial charge in [-0.1, -0.05) is 28.8 Å². The summed E-state index contributed by atoms with van der Waals surface area (Å²) < 4.78 is 6.71. The molecule has 2 aliphatic rings. The second-order valence-corrected chi connectivity index (χ2v) is 8.15. The molecule has 1 saturated carbocycles. The smallest absolute Gasteiger partial charge is 0.325 e. The van der Waals surface area contributed by atoms with Gasteiger partial charge in [0, 0.05) is 10.2 Å². The molecule has 2 fully saturated rings. The highest BCUT2D eigenvalue weighted by Gasteiger charge is 2.52. The first-order valence-corrected chi connectivity index (χ1v) is 10.2. The van der Waals surface area contributed by atoms with Crippen molar-refractivity contribution < 1.29 is 19.1 Å². The second-order valence-electron chi connectivity index (χ2n) is 7.24. The summed E-state index contributed by atoms with van der Waals surface area (Å²) in [5.41, 5.74) is -0.246. The number of carbonyl (C=O) groups excluding carboxylic acids is 3. The molecule has 4 rings (SSSR count). The number of rotatable bonds is 5. The molecule has 0 bridgehead atoms. The fourth-order valence-electron chi connectivity index (χ4n) is 3.73. The predicted octanol–water partition coefficient (Wildman–Crippen LogP) is 4.04. The Bertz CT molecular complexity index is 937. The number of nitrogens with one attached hydrogen (secondary N) is 2. The Morgan fingerprint density at radius 2 is 1.62 bits per heavy atom. The minimum Gasteiger partial charge on any atom is -0.457 e. The Morgan fingerprint density at radius 3 is 2.24 bits per heavy atom. The van der Waals surface area contributed by atoms with Crippen LogP contribution in [0.4, 0.5) is 10.5 Å². The van der Waals surface area contributed by atoms with Crippen LogP contribution in [-0.4, -0.2) is 34.8 Å². The molecular formula is C21H20BrN3O4. The number of benzene rings is 2. The summed E-state index contributed by atoms with van der Waals surface area (Å²) in [6.07, 6.45) is 3.08. The van der Waals surface area contributed by atoms with E-state index in [1.165, 1.54) is 0 Å². The lowest BCUT2D eigenvalue weighted by Crippen LogP contribution is -2.44. The van der Waals surface area contributed by atoms with Crippen molar-refractivity contribution in [2.45, 2.75) is 31.2 Å². The minimum atomic E-state index is -0.802. The third-order valence-electron chi connectivity index (χ3n) is 5.19. The molecule has 2 aromatic rings. The Hall–Kier alpha value is -2.87. The van der Waals surface area contributed by atoms with Gasteiger partial charge >= 0.3 is 6.03 Å². The summed E-state index contributed by atoms with van der Waals surface area (Å²) in [5.74, 6) is 0.602. The highest BCUT2D eigenvalue weighted by Crippen LogP contribution is 2.35. The quantitative estimate of drug-likeness (QED) is 0.662. The maximum Gasteiger partial charge on any atom is 0.325 e. The molecule has 8 heteroatoms. The number of imide groups is 1. The maximum atomic E-state index is 12.6. The molecule has 7 nitrogen and oxygen atoms in total. The van der Waals surface area contributed by atoms with E-state index in [2.05, 4.69) is 26.6 Å². The molecule has 2 aromatic carbocycles. The normalized spacial score (nSPS) is 17.5. The van der Waals surface area contributed by atoms with Gasteiger partial charge in [-0.25, -0.2) is 4.79 Å². The second kappa shape index (κ2) is 7.87. The number of carbonyl (C=O) groups is 3. The van der Waals surface area contributed by atoms with Crippen LogP contribution in [0, 0.1) is 0 Å². The van der Waals surface area contributed by atoms with Crippen molar-refractivity contribution in [1.29, 1.82) is 0 Å². The third kappa shape index (κ3) is 4.12. The zero-order valence-corrected chi connectivity index (χ0v) is 17.2. The van der Waals surface area contributed by atoms with Gasteiger partial charge in [0.15, 0.2) is 0 Å². The van der Waals surface area contributed by atoms with E-state index in [1.807, 2.05) is 24.3 Å². The van der Waals surface area contributed by atoms with Crippen LogP contribution < -0.4 is 15.4 Å². The largest absolute Gasteiger partial charge is 0.457 e. The van der Waals surface area contributed by atoms with Crippen LogP contribution >= 0.6 is 15.9 Å². The van der Waals surface area contributed by atoms with Crippen LogP contribution in [0.2, 0.25) is 0 Å². The lowest BCUT2D eigenvalue weighted by Gasteiger charge is -2.19. The van der Waals surface area contributed by atoms with Crippen LogP contribution in [0.1, 0.15) is 25.7 Å². The van der Waals surface area contributed by atoms with Gasteiger partial charge in [-0.15, -0.1) is 0 Å². The van der Waals surface area contributed by atoms with E-state index in [-0.39, 0.29) is 12.5 Å². The van der Waals surface area contributed by atoms with E-state index in [0.29, 0.717) is 30.0 Å². The van der Waals surface area contributed by atoms with Gasteiger partial charge in [-0.3, -0.25) is 14.5 Å². The maximum absolute atomic E-state index is 12.6. The molecule has 1 heterocycles. The number of hydrogen-bond donors (Lipinski definition) is 2. The number of halogens is 1. The van der Waals surface area contributed by atoms with Crippen molar-refractivity contribution >= 4 is 39.5 Å². The predicted molar refractivity (Wildman–Crippen MR) is 111 cm³/mol. The molecule has 1 saturated heterocycles. The van der Waals surface area contributed by atoms with Crippen molar-refractivity contribution in [2.75, 3.05) is 11.9 Å². The van der Waals surface area contributed by atoms with E-state index in [0.717, 1.165) is 22.2 Å². The zero-order chi connectivity index (χ0) is 20.4. The summed E-state index contributed by atoms with van der Waals surface area (Å²) in [6, 6.07) is 13.8. The average molecular weight is 458 g/mol. The van der Waals surface area contributed by atoms with Gasteiger partial charge in [0.25, 0.3) is 5.91 Å². The average Bonchev–Trinajstić information content (AvgIpc) is 3.26. The van der Waals surface area contributed by atoms with Crippen LogP contribution in [0.3, 0.4) is 0 Å². The van der Waals surface area contributed by atoms with Crippen molar-refractivity contribution in [2.24, 2.45) is 0 Å². The topological polar surface area (TPSA) is 87.7 Å².